The van der Waals surface area contributed by atoms with Crippen molar-refractivity contribution < 1.29 is 8.97 Å². The third-order valence-electron chi connectivity index (χ3n) is 1.74. The zero-order chi connectivity index (χ0) is 10.9. The number of hydrogen-bond donors (Lipinski definition) is 2. The van der Waals surface area contributed by atoms with Crippen molar-refractivity contribution in [2.24, 2.45) is 0 Å². The molecule has 0 heterocycles. The Kier molecular flexibility index (Phi) is 4.83. The van der Waals surface area contributed by atoms with Crippen LogP contribution < -0.4 is 0 Å². The van der Waals surface area contributed by atoms with Gasteiger partial charge in [-0.2, -0.15) is 0 Å². The molecule has 0 aromatic carbocycles. The van der Waals surface area contributed by atoms with E-state index < -0.39 is 0 Å². The van der Waals surface area contributed by atoms with Crippen LogP contribution >= 0.6 is 49.7 Å². The first-order chi connectivity index (χ1) is 5.59. The summed E-state index contributed by atoms with van der Waals surface area (Å²) in [6.07, 6.45) is 0. The maximum absolute atomic E-state index is 5.04. The molecule has 0 aliphatic carbocycles. The van der Waals surface area contributed by atoms with Gasteiger partial charge in [-0.15, -0.1) is 0 Å². The number of nitrogens with zero attached hydrogens (tertiary/aromatic N) is 2. The smallest absolute Gasteiger partial charge is 0.234 e. The van der Waals surface area contributed by atoms with E-state index in [4.69, 9.17) is 24.4 Å². The average Bonchev–Trinajstić information content (AvgIpc) is 1.83. The molecule has 0 unspecified atom stereocenters. The van der Waals surface area contributed by atoms with Crippen molar-refractivity contribution in [2.75, 3.05) is 34.9 Å². The summed E-state index contributed by atoms with van der Waals surface area (Å²) < 4.78 is 2.39. The van der Waals surface area contributed by atoms with Crippen LogP contribution in [0.2, 0.25) is 0 Å². The van der Waals surface area contributed by atoms with E-state index in [1.165, 1.54) is 0 Å². The minimum Gasteiger partial charge on any atom is -0.235 e. The summed E-state index contributed by atoms with van der Waals surface area (Å²) >= 11 is 18.5. The zero-order valence-corrected chi connectivity index (χ0v) is 11.7. The Bertz CT molecular complexity index is 211. The normalized spacial score (nSPS) is 12.8. The zero-order valence-electron chi connectivity index (χ0n) is 8.31. The highest BCUT2D eigenvalue weighted by Gasteiger charge is 2.32. The van der Waals surface area contributed by atoms with E-state index in [9.17, 15) is 0 Å². The Morgan fingerprint density at radius 1 is 0.923 bits per heavy atom. The first-order valence-corrected chi connectivity index (χ1v) is 5.43. The molecule has 6 heteroatoms. The van der Waals surface area contributed by atoms with Crippen molar-refractivity contribution in [2.45, 2.75) is 0 Å². The van der Waals surface area contributed by atoms with E-state index in [-0.39, 0.29) is 0 Å². The lowest BCUT2D eigenvalue weighted by molar-refractivity contribution is -0.982. The standard InChI is InChI=1S/C7H14N2S4/c1-8(2,6(10)11)5-9(3,4)7(12)13/h5H2,1-4H3/p+2. The second kappa shape index (κ2) is 4.55. The highest BCUT2D eigenvalue weighted by Crippen LogP contribution is 2.12. The third-order valence-corrected chi connectivity index (χ3v) is 3.81. The van der Waals surface area contributed by atoms with E-state index in [0.29, 0.717) is 17.6 Å². The molecule has 0 aliphatic heterocycles. The van der Waals surface area contributed by atoms with Gasteiger partial charge in [0.1, 0.15) is 0 Å². The molecule has 0 bridgehead atoms. The van der Waals surface area contributed by atoms with Crippen molar-refractivity contribution in [3.8, 4) is 0 Å². The fourth-order valence-corrected chi connectivity index (χ4v) is 1.25. The summed E-state index contributed by atoms with van der Waals surface area (Å²) in [7, 11) is 8.01. The van der Waals surface area contributed by atoms with Gasteiger partial charge in [-0.05, 0) is 24.4 Å². The highest BCUT2D eigenvalue weighted by molar-refractivity contribution is 8.10. The number of hydrogen-bond acceptors (Lipinski definition) is 2. The van der Waals surface area contributed by atoms with Gasteiger partial charge in [0, 0.05) is 0 Å². The van der Waals surface area contributed by atoms with Gasteiger partial charge >= 0.3 is 0 Å². The van der Waals surface area contributed by atoms with Crippen molar-refractivity contribution >= 4 is 58.3 Å². The molecule has 0 spiro atoms. The molecule has 2 nitrogen and oxygen atoms in total. The molecule has 0 saturated heterocycles. The number of thiol groups is 2. The van der Waals surface area contributed by atoms with E-state index in [0.717, 1.165) is 6.67 Å². The van der Waals surface area contributed by atoms with E-state index in [1.807, 2.05) is 28.2 Å². The van der Waals surface area contributed by atoms with Gasteiger partial charge in [-0.1, -0.05) is 25.3 Å². The molecule has 0 radical (unpaired) electrons. The Labute approximate surface area is 102 Å². The van der Waals surface area contributed by atoms with Crippen LogP contribution in [0.1, 0.15) is 0 Å². The monoisotopic (exact) mass is 256 g/mol. The lowest BCUT2D eigenvalue weighted by Crippen LogP contribution is -2.57. The summed E-state index contributed by atoms with van der Waals surface area (Å²) in [5.41, 5.74) is 0. The van der Waals surface area contributed by atoms with Crippen molar-refractivity contribution in [1.82, 2.24) is 0 Å². The van der Waals surface area contributed by atoms with E-state index >= 15 is 0 Å². The molecule has 0 rings (SSSR count). The Balaban J connectivity index is 4.61. The Morgan fingerprint density at radius 2 is 1.15 bits per heavy atom. The topological polar surface area (TPSA) is 0 Å². The van der Waals surface area contributed by atoms with Gasteiger partial charge in [-0.3, -0.25) is 0 Å². The molecular formula is C7H16N2S4+2. The van der Waals surface area contributed by atoms with Crippen LogP contribution in [-0.2, 0) is 0 Å². The quantitative estimate of drug-likeness (QED) is 0.333. The number of quaternary nitrogens is 2. The van der Waals surface area contributed by atoms with Gasteiger partial charge in [0.2, 0.25) is 15.3 Å². The molecule has 76 valence electrons. The molecule has 0 atom stereocenters. The lowest BCUT2D eigenvalue weighted by atomic mass is 10.6. The third kappa shape index (κ3) is 4.22. The molecule has 0 N–H and O–H groups in total. The molecule has 0 aromatic heterocycles. The summed E-state index contributed by atoms with van der Waals surface area (Å²) in [5, 5.41) is 0. The van der Waals surface area contributed by atoms with Crippen LogP contribution in [0.5, 0.6) is 0 Å². The van der Waals surface area contributed by atoms with Gasteiger partial charge < -0.3 is 0 Å². The van der Waals surface area contributed by atoms with Crippen molar-refractivity contribution in [1.29, 1.82) is 0 Å². The van der Waals surface area contributed by atoms with Gasteiger partial charge in [0.15, 0.2) is 0 Å². The second-order valence-corrected chi connectivity index (χ2v) is 6.30. The van der Waals surface area contributed by atoms with Gasteiger partial charge in [0.05, 0.1) is 28.2 Å². The van der Waals surface area contributed by atoms with E-state index in [2.05, 4.69) is 25.3 Å². The number of thiocarbonyl (C=S) groups is 2. The summed E-state index contributed by atoms with van der Waals surface area (Å²) in [6, 6.07) is 0. The molecule has 0 aliphatic rings. The Hall–Kier alpha value is 0.800. The SMILES string of the molecule is C[N+](C)(C[N+](C)(C)C(=S)S)C(=S)S. The van der Waals surface area contributed by atoms with E-state index in [1.54, 1.807) is 0 Å². The average molecular weight is 256 g/mol. The lowest BCUT2D eigenvalue weighted by Gasteiger charge is -2.35. The Morgan fingerprint density at radius 3 is 1.31 bits per heavy atom. The van der Waals surface area contributed by atoms with Gasteiger partial charge in [0.25, 0.3) is 0 Å². The molecule has 0 amide bonds. The summed E-state index contributed by atoms with van der Waals surface area (Å²) in [5.74, 6) is 0. The first-order valence-electron chi connectivity index (χ1n) is 3.72. The molecular weight excluding hydrogens is 240 g/mol. The first kappa shape index (κ1) is 13.8. The second-order valence-electron chi connectivity index (χ2n) is 4.08. The van der Waals surface area contributed by atoms with Crippen molar-refractivity contribution in [3.63, 3.8) is 0 Å². The predicted octanol–water partition coefficient (Wildman–Crippen LogP) is 1.53. The molecule has 13 heavy (non-hydrogen) atoms. The molecule has 0 fully saturated rings. The van der Waals surface area contributed by atoms with Crippen molar-refractivity contribution in [3.05, 3.63) is 0 Å². The predicted molar refractivity (Wildman–Crippen MR) is 72.3 cm³/mol. The van der Waals surface area contributed by atoms with Crippen LogP contribution in [0.4, 0.5) is 0 Å². The molecule has 0 aromatic rings. The summed E-state index contributed by atoms with van der Waals surface area (Å²) in [4.78, 5) is 0. The fourth-order valence-electron chi connectivity index (χ4n) is 1.00. The molecule has 0 saturated carbocycles. The maximum Gasteiger partial charge on any atom is 0.234 e. The van der Waals surface area contributed by atoms with Gasteiger partial charge in [-0.25, -0.2) is 8.97 Å². The minimum atomic E-state index is 0.548. The van der Waals surface area contributed by atoms with Crippen LogP contribution in [-0.4, -0.2) is 52.5 Å². The summed E-state index contributed by atoms with van der Waals surface area (Å²) in [6.45, 7) is 0.755. The fraction of sp³-hybridized carbons (Fsp3) is 0.714. The van der Waals surface area contributed by atoms with Crippen LogP contribution in [0, 0.1) is 0 Å². The van der Waals surface area contributed by atoms with Crippen LogP contribution in [0.25, 0.3) is 0 Å². The minimum absolute atomic E-state index is 0.548. The number of rotatable bonds is 2. The largest absolute Gasteiger partial charge is 0.235 e. The van der Waals surface area contributed by atoms with Crippen LogP contribution in [0.3, 0.4) is 0 Å². The highest BCUT2D eigenvalue weighted by atomic mass is 32.1. The van der Waals surface area contributed by atoms with Crippen LogP contribution in [0.15, 0.2) is 0 Å². The maximum atomic E-state index is 5.04.